The Morgan fingerprint density at radius 2 is 1.80 bits per heavy atom. The second-order valence-corrected chi connectivity index (χ2v) is 5.82. The largest absolute Gasteiger partial charge is 0.482 e. The topological polar surface area (TPSA) is 35.2 Å². The number of rotatable bonds is 5. The highest BCUT2D eigenvalue weighted by Gasteiger charge is 2.23. The Balaban J connectivity index is 2.35. The van der Waals surface area contributed by atoms with E-state index in [1.807, 2.05) is 55.5 Å². The lowest BCUT2D eigenvalue weighted by molar-refractivity contribution is 0.170. The van der Waals surface area contributed by atoms with Gasteiger partial charge in [-0.15, -0.1) is 0 Å². The van der Waals surface area contributed by atoms with E-state index in [0.29, 0.717) is 10.8 Å². The third kappa shape index (κ3) is 3.54. The molecule has 0 saturated carbocycles. The van der Waals surface area contributed by atoms with Crippen LogP contribution in [-0.2, 0) is 0 Å². The Labute approximate surface area is 133 Å². The van der Waals surface area contributed by atoms with E-state index in [9.17, 15) is 0 Å². The Kier molecular flexibility index (Phi) is 5.46. The van der Waals surface area contributed by atoms with E-state index in [1.165, 1.54) is 0 Å². The third-order valence-corrected chi connectivity index (χ3v) is 4.20. The Bertz CT molecular complexity index is 576. The van der Waals surface area contributed by atoms with Crippen molar-refractivity contribution in [1.82, 2.24) is 0 Å². The van der Waals surface area contributed by atoms with Crippen molar-refractivity contribution in [1.29, 1.82) is 0 Å². The molecule has 0 aromatic heterocycles. The van der Waals surface area contributed by atoms with Crippen molar-refractivity contribution >= 4 is 27.5 Å². The predicted molar refractivity (Wildman–Crippen MR) is 87.2 cm³/mol. The van der Waals surface area contributed by atoms with Gasteiger partial charge in [-0.05, 0) is 24.6 Å². The molecule has 106 valence electrons. The van der Waals surface area contributed by atoms with Gasteiger partial charge in [-0.1, -0.05) is 64.8 Å². The highest BCUT2D eigenvalue weighted by molar-refractivity contribution is 9.10. The van der Waals surface area contributed by atoms with Crippen molar-refractivity contribution in [3.8, 4) is 5.75 Å². The molecule has 2 nitrogen and oxygen atoms in total. The molecule has 0 fully saturated rings. The molecule has 2 aromatic rings. The molecule has 0 amide bonds. The van der Waals surface area contributed by atoms with Crippen molar-refractivity contribution in [2.45, 2.75) is 25.5 Å². The average Bonchev–Trinajstić information content (AvgIpc) is 2.47. The molecule has 0 saturated heterocycles. The average molecular weight is 355 g/mol. The Hall–Kier alpha value is -1.03. The van der Waals surface area contributed by atoms with E-state index in [2.05, 4.69) is 15.9 Å². The maximum Gasteiger partial charge on any atom is 0.140 e. The third-order valence-electron chi connectivity index (χ3n) is 3.16. The van der Waals surface area contributed by atoms with Crippen LogP contribution in [0.25, 0.3) is 0 Å². The van der Waals surface area contributed by atoms with Gasteiger partial charge in [0.05, 0.1) is 5.02 Å². The van der Waals surface area contributed by atoms with Crippen LogP contribution in [0.15, 0.2) is 53.0 Å². The number of benzene rings is 2. The fourth-order valence-electron chi connectivity index (χ4n) is 1.98. The van der Waals surface area contributed by atoms with Gasteiger partial charge in [-0.25, -0.2) is 0 Å². The lowest BCUT2D eigenvalue weighted by atomic mass is 10.0. The van der Waals surface area contributed by atoms with Crippen LogP contribution < -0.4 is 10.5 Å². The fraction of sp³-hybridized carbons (Fsp3) is 0.250. The van der Waals surface area contributed by atoms with E-state index in [1.54, 1.807) is 0 Å². The molecule has 0 spiro atoms. The lowest BCUT2D eigenvalue weighted by Crippen LogP contribution is -2.31. The highest BCUT2D eigenvalue weighted by Crippen LogP contribution is 2.33. The zero-order valence-electron chi connectivity index (χ0n) is 11.2. The molecule has 0 aliphatic carbocycles. The molecule has 2 atom stereocenters. The molecule has 0 heterocycles. The maximum atomic E-state index is 6.23. The van der Waals surface area contributed by atoms with Crippen molar-refractivity contribution in [3.05, 3.63) is 63.6 Å². The summed E-state index contributed by atoms with van der Waals surface area (Å²) in [5.41, 5.74) is 7.26. The number of hydrogen-bond acceptors (Lipinski definition) is 2. The first-order valence-electron chi connectivity index (χ1n) is 6.54. The predicted octanol–water partition coefficient (Wildman–Crippen LogP) is 4.96. The molecule has 2 rings (SSSR count). The van der Waals surface area contributed by atoms with E-state index >= 15 is 0 Å². The summed E-state index contributed by atoms with van der Waals surface area (Å²) < 4.78 is 7.06. The van der Waals surface area contributed by atoms with Crippen LogP contribution in [0.3, 0.4) is 0 Å². The van der Waals surface area contributed by atoms with E-state index < -0.39 is 0 Å². The SMILES string of the molecule is CCC(N)C(Oc1ccccc1Cl)c1ccccc1Br. The molecule has 0 radical (unpaired) electrons. The Morgan fingerprint density at radius 3 is 2.45 bits per heavy atom. The van der Waals surface area contributed by atoms with Gasteiger partial charge in [0, 0.05) is 16.1 Å². The molecular formula is C16H17BrClNO. The van der Waals surface area contributed by atoms with Crippen LogP contribution in [0.5, 0.6) is 5.75 Å². The van der Waals surface area contributed by atoms with Crippen molar-refractivity contribution in [2.75, 3.05) is 0 Å². The maximum absolute atomic E-state index is 6.23. The van der Waals surface area contributed by atoms with Gasteiger partial charge < -0.3 is 10.5 Å². The normalized spacial score (nSPS) is 13.8. The molecule has 0 aliphatic rings. The van der Waals surface area contributed by atoms with Gasteiger partial charge in [0.2, 0.25) is 0 Å². The smallest absolute Gasteiger partial charge is 0.140 e. The van der Waals surface area contributed by atoms with Crippen LogP contribution in [0.1, 0.15) is 25.0 Å². The molecule has 4 heteroatoms. The van der Waals surface area contributed by atoms with Gasteiger partial charge >= 0.3 is 0 Å². The summed E-state index contributed by atoms with van der Waals surface area (Å²) in [5, 5.41) is 0.591. The Morgan fingerprint density at radius 1 is 1.15 bits per heavy atom. The van der Waals surface area contributed by atoms with Crippen LogP contribution in [0, 0.1) is 0 Å². The summed E-state index contributed by atoms with van der Waals surface area (Å²) in [7, 11) is 0. The second-order valence-electron chi connectivity index (χ2n) is 4.56. The van der Waals surface area contributed by atoms with Gasteiger partial charge in [-0.2, -0.15) is 0 Å². The van der Waals surface area contributed by atoms with Crippen molar-refractivity contribution < 1.29 is 4.74 Å². The molecule has 2 N–H and O–H groups in total. The molecule has 2 unspecified atom stereocenters. The van der Waals surface area contributed by atoms with Crippen LogP contribution in [0.2, 0.25) is 5.02 Å². The zero-order chi connectivity index (χ0) is 14.5. The first-order valence-corrected chi connectivity index (χ1v) is 7.71. The van der Waals surface area contributed by atoms with Crippen LogP contribution in [-0.4, -0.2) is 6.04 Å². The number of halogens is 2. The molecular weight excluding hydrogens is 338 g/mol. The quantitative estimate of drug-likeness (QED) is 0.823. The number of nitrogens with two attached hydrogens (primary N) is 1. The van der Waals surface area contributed by atoms with Gasteiger partial charge in [0.15, 0.2) is 0 Å². The van der Waals surface area contributed by atoms with Crippen LogP contribution in [0.4, 0.5) is 0 Å². The molecule has 2 aromatic carbocycles. The van der Waals surface area contributed by atoms with E-state index in [4.69, 9.17) is 22.1 Å². The van der Waals surface area contributed by atoms with Crippen molar-refractivity contribution in [2.24, 2.45) is 5.73 Å². The monoisotopic (exact) mass is 353 g/mol. The first-order chi connectivity index (χ1) is 9.63. The lowest BCUT2D eigenvalue weighted by Gasteiger charge is -2.26. The highest BCUT2D eigenvalue weighted by atomic mass is 79.9. The minimum absolute atomic E-state index is 0.107. The minimum Gasteiger partial charge on any atom is -0.482 e. The summed E-state index contributed by atoms with van der Waals surface area (Å²) in [4.78, 5) is 0. The zero-order valence-corrected chi connectivity index (χ0v) is 13.6. The molecule has 0 bridgehead atoms. The summed E-state index contributed by atoms with van der Waals surface area (Å²) in [6.07, 6.45) is 0.576. The number of hydrogen-bond donors (Lipinski definition) is 1. The molecule has 20 heavy (non-hydrogen) atoms. The fourth-order valence-corrected chi connectivity index (χ4v) is 2.67. The standard InChI is InChI=1S/C16H17BrClNO/c1-2-14(19)16(11-7-3-4-8-12(11)17)20-15-10-6-5-9-13(15)18/h3-10,14,16H,2,19H2,1H3. The number of para-hydroxylation sites is 1. The second kappa shape index (κ2) is 7.11. The van der Waals surface area contributed by atoms with Gasteiger partial charge in [-0.3, -0.25) is 0 Å². The minimum atomic E-state index is -0.240. The summed E-state index contributed by atoms with van der Waals surface area (Å²) in [5.74, 6) is 0.652. The summed E-state index contributed by atoms with van der Waals surface area (Å²) in [6, 6.07) is 15.3. The van der Waals surface area contributed by atoms with Gasteiger partial charge in [0.1, 0.15) is 11.9 Å². The summed E-state index contributed by atoms with van der Waals surface area (Å²) in [6.45, 7) is 2.05. The van der Waals surface area contributed by atoms with Crippen LogP contribution >= 0.6 is 27.5 Å². The van der Waals surface area contributed by atoms with E-state index in [0.717, 1.165) is 16.5 Å². The van der Waals surface area contributed by atoms with Gasteiger partial charge in [0.25, 0.3) is 0 Å². The number of ether oxygens (including phenoxy) is 1. The van der Waals surface area contributed by atoms with E-state index in [-0.39, 0.29) is 12.1 Å². The van der Waals surface area contributed by atoms with Crippen molar-refractivity contribution in [3.63, 3.8) is 0 Å². The molecule has 0 aliphatic heterocycles. The summed E-state index contributed by atoms with van der Waals surface area (Å²) >= 11 is 9.72. The first kappa shape index (κ1) is 15.4.